The predicted octanol–water partition coefficient (Wildman–Crippen LogP) is 4.18. The van der Waals surface area contributed by atoms with Gasteiger partial charge < -0.3 is 9.73 Å². The van der Waals surface area contributed by atoms with Crippen molar-refractivity contribution >= 4 is 40.5 Å². The fourth-order valence-corrected chi connectivity index (χ4v) is 2.97. The Kier molecular flexibility index (Phi) is 4.55. The molecule has 1 amide bonds. The van der Waals surface area contributed by atoms with E-state index in [1.54, 1.807) is 41.0 Å². The Bertz CT molecular complexity index is 1130. The molecule has 136 valence electrons. The van der Waals surface area contributed by atoms with Crippen LogP contribution in [0.5, 0.6) is 0 Å². The van der Waals surface area contributed by atoms with E-state index in [0.29, 0.717) is 38.6 Å². The lowest BCUT2D eigenvalue weighted by atomic mass is 10.1. The quantitative estimate of drug-likeness (QED) is 0.554. The summed E-state index contributed by atoms with van der Waals surface area (Å²) in [7, 11) is 0. The van der Waals surface area contributed by atoms with Gasteiger partial charge in [-0.2, -0.15) is 4.52 Å². The van der Waals surface area contributed by atoms with E-state index in [0.717, 1.165) is 5.82 Å². The molecule has 3 heterocycles. The number of rotatable bonds is 4. The Balaban J connectivity index is 1.47. The molecule has 0 bridgehead atoms. The van der Waals surface area contributed by atoms with Crippen LogP contribution in [0, 0.1) is 6.92 Å². The molecule has 0 saturated carbocycles. The molecule has 27 heavy (non-hydrogen) atoms. The van der Waals surface area contributed by atoms with Crippen LogP contribution in [0.25, 0.3) is 17.3 Å². The maximum atomic E-state index is 12.2. The molecule has 0 saturated heterocycles. The molecule has 4 rings (SSSR count). The lowest BCUT2D eigenvalue weighted by Gasteiger charge is -2.07. The van der Waals surface area contributed by atoms with Crippen LogP contribution in [-0.2, 0) is 11.2 Å². The Hall–Kier alpha value is -2.90. The van der Waals surface area contributed by atoms with E-state index in [9.17, 15) is 4.79 Å². The molecular weight excluding hydrogens is 389 g/mol. The van der Waals surface area contributed by atoms with Crippen LogP contribution in [0.2, 0.25) is 10.0 Å². The summed E-state index contributed by atoms with van der Waals surface area (Å²) in [6.07, 6.45) is 3.25. The Morgan fingerprint density at radius 3 is 2.78 bits per heavy atom. The van der Waals surface area contributed by atoms with Crippen molar-refractivity contribution in [3.05, 3.63) is 64.2 Å². The highest BCUT2D eigenvalue weighted by atomic mass is 35.5. The van der Waals surface area contributed by atoms with Crippen molar-refractivity contribution in [2.24, 2.45) is 0 Å². The summed E-state index contributed by atoms with van der Waals surface area (Å²) in [6.45, 7) is 1.83. The van der Waals surface area contributed by atoms with E-state index in [4.69, 9.17) is 27.6 Å². The second-order valence-electron chi connectivity index (χ2n) is 5.83. The number of carbonyl (C=O) groups is 1. The first-order valence-corrected chi connectivity index (χ1v) is 8.77. The number of benzene rings is 1. The first-order valence-electron chi connectivity index (χ1n) is 8.01. The highest BCUT2D eigenvalue weighted by Crippen LogP contribution is 2.26. The number of nitrogens with one attached hydrogen (secondary N) is 1. The summed E-state index contributed by atoms with van der Waals surface area (Å²) in [5.41, 5.74) is 2.30. The molecule has 0 radical (unpaired) electrons. The van der Waals surface area contributed by atoms with Crippen molar-refractivity contribution in [1.29, 1.82) is 0 Å². The van der Waals surface area contributed by atoms with Gasteiger partial charge in [0.25, 0.3) is 5.89 Å². The third kappa shape index (κ3) is 3.51. The van der Waals surface area contributed by atoms with Crippen molar-refractivity contribution in [3.63, 3.8) is 0 Å². The molecule has 0 aliphatic rings. The van der Waals surface area contributed by atoms with Crippen LogP contribution in [0.15, 0.2) is 47.1 Å². The Labute approximate surface area is 163 Å². The normalized spacial score (nSPS) is 11.1. The van der Waals surface area contributed by atoms with Crippen LogP contribution < -0.4 is 5.32 Å². The van der Waals surface area contributed by atoms with Gasteiger partial charge in [-0.05, 0) is 30.7 Å². The summed E-state index contributed by atoms with van der Waals surface area (Å²) in [6, 6.07) is 8.63. The van der Waals surface area contributed by atoms with Crippen molar-refractivity contribution in [3.8, 4) is 11.6 Å². The minimum absolute atomic E-state index is 0.110. The standard InChI is InChI=1S/C18H13Cl2N5O2/c1-10-21-9-16-25(10)24-18(27-16)14-6-5-12(8-22-14)23-15(26)7-11-3-2-4-13(19)17(11)20/h2-6,8-9H,7H2,1H3,(H,23,26). The van der Waals surface area contributed by atoms with E-state index < -0.39 is 0 Å². The molecule has 1 aromatic carbocycles. The largest absolute Gasteiger partial charge is 0.415 e. The van der Waals surface area contributed by atoms with E-state index in [1.807, 2.05) is 6.92 Å². The van der Waals surface area contributed by atoms with E-state index in [1.165, 1.54) is 6.20 Å². The average Bonchev–Trinajstić information content (AvgIpc) is 3.22. The molecule has 4 aromatic rings. The molecule has 1 N–H and O–H groups in total. The van der Waals surface area contributed by atoms with Gasteiger partial charge in [-0.1, -0.05) is 35.3 Å². The van der Waals surface area contributed by atoms with Gasteiger partial charge in [-0.3, -0.25) is 4.79 Å². The van der Waals surface area contributed by atoms with Crippen molar-refractivity contribution in [2.45, 2.75) is 13.3 Å². The molecular formula is C18H13Cl2N5O2. The minimum Gasteiger partial charge on any atom is -0.415 e. The summed E-state index contributed by atoms with van der Waals surface area (Å²) < 4.78 is 7.21. The van der Waals surface area contributed by atoms with E-state index in [-0.39, 0.29) is 12.3 Å². The van der Waals surface area contributed by atoms with E-state index >= 15 is 0 Å². The predicted molar refractivity (Wildman–Crippen MR) is 102 cm³/mol. The number of fused-ring (bicyclic) bond motifs is 1. The zero-order chi connectivity index (χ0) is 19.0. The molecule has 0 atom stereocenters. The van der Waals surface area contributed by atoms with Crippen LogP contribution in [0.3, 0.4) is 0 Å². The summed E-state index contributed by atoms with van der Waals surface area (Å²) in [5, 5.41) is 7.89. The molecule has 9 heteroatoms. The molecule has 0 aliphatic heterocycles. The van der Waals surface area contributed by atoms with Gasteiger partial charge >= 0.3 is 0 Å². The number of imidazole rings is 1. The molecule has 0 unspecified atom stereocenters. The maximum absolute atomic E-state index is 12.2. The zero-order valence-electron chi connectivity index (χ0n) is 14.1. The van der Waals surface area contributed by atoms with Crippen LogP contribution in [-0.4, -0.2) is 25.5 Å². The van der Waals surface area contributed by atoms with Crippen LogP contribution >= 0.6 is 23.2 Å². The van der Waals surface area contributed by atoms with Crippen molar-refractivity contribution in [1.82, 2.24) is 19.6 Å². The topological polar surface area (TPSA) is 85.3 Å². The number of halogens is 2. The molecule has 0 aliphatic carbocycles. The maximum Gasteiger partial charge on any atom is 0.264 e. The smallest absolute Gasteiger partial charge is 0.264 e. The van der Waals surface area contributed by atoms with Gasteiger partial charge in [0.15, 0.2) is 0 Å². The van der Waals surface area contributed by atoms with Gasteiger partial charge in [0.1, 0.15) is 11.5 Å². The second kappa shape index (κ2) is 7.02. The highest BCUT2D eigenvalue weighted by molar-refractivity contribution is 6.42. The fraction of sp³-hybridized carbons (Fsp3) is 0.111. The van der Waals surface area contributed by atoms with E-state index in [2.05, 4.69) is 20.4 Å². The summed E-state index contributed by atoms with van der Waals surface area (Å²) in [4.78, 5) is 20.6. The number of aryl methyl sites for hydroxylation is 1. The van der Waals surface area contributed by atoms with Crippen LogP contribution in [0.4, 0.5) is 5.69 Å². The second-order valence-corrected chi connectivity index (χ2v) is 6.62. The van der Waals surface area contributed by atoms with Crippen LogP contribution in [0.1, 0.15) is 11.4 Å². The number of nitrogens with zero attached hydrogens (tertiary/aromatic N) is 4. The molecule has 0 fully saturated rings. The first kappa shape index (κ1) is 17.5. The SMILES string of the molecule is Cc1ncc2oc(-c3ccc(NC(=O)Cc4cccc(Cl)c4Cl)cn3)nn12. The number of hydrogen-bond acceptors (Lipinski definition) is 5. The lowest BCUT2D eigenvalue weighted by Crippen LogP contribution is -2.14. The van der Waals surface area contributed by atoms with Gasteiger partial charge in [-0.25, -0.2) is 9.97 Å². The zero-order valence-corrected chi connectivity index (χ0v) is 15.6. The van der Waals surface area contributed by atoms with Crippen molar-refractivity contribution < 1.29 is 9.21 Å². The fourth-order valence-electron chi connectivity index (χ4n) is 2.58. The Morgan fingerprint density at radius 1 is 1.19 bits per heavy atom. The number of pyridine rings is 1. The first-order chi connectivity index (χ1) is 13.0. The van der Waals surface area contributed by atoms with Gasteiger partial charge in [0.05, 0.1) is 34.5 Å². The molecule has 3 aromatic heterocycles. The van der Waals surface area contributed by atoms with Crippen molar-refractivity contribution in [2.75, 3.05) is 5.32 Å². The lowest BCUT2D eigenvalue weighted by molar-refractivity contribution is -0.115. The Morgan fingerprint density at radius 2 is 2.04 bits per heavy atom. The number of amides is 1. The number of carbonyl (C=O) groups excluding carboxylic acids is 1. The number of aromatic nitrogens is 4. The number of hydrogen-bond donors (Lipinski definition) is 1. The third-order valence-corrected chi connectivity index (χ3v) is 4.78. The average molecular weight is 402 g/mol. The molecule has 7 nitrogen and oxygen atoms in total. The molecule has 0 spiro atoms. The monoisotopic (exact) mass is 401 g/mol. The van der Waals surface area contributed by atoms with Gasteiger partial charge in [0, 0.05) is 0 Å². The summed E-state index contributed by atoms with van der Waals surface area (Å²) in [5.74, 6) is 0.878. The highest BCUT2D eigenvalue weighted by Gasteiger charge is 2.13. The minimum atomic E-state index is -0.221. The number of anilines is 1. The van der Waals surface area contributed by atoms with Gasteiger partial charge in [0.2, 0.25) is 11.6 Å². The van der Waals surface area contributed by atoms with Gasteiger partial charge in [-0.15, -0.1) is 5.10 Å². The summed E-state index contributed by atoms with van der Waals surface area (Å²) >= 11 is 12.1. The third-order valence-electron chi connectivity index (χ3n) is 3.92.